The highest BCUT2D eigenvalue weighted by Crippen LogP contribution is 2.34. The highest BCUT2D eigenvalue weighted by molar-refractivity contribution is 5.92. The first kappa shape index (κ1) is 20.1. The summed E-state index contributed by atoms with van der Waals surface area (Å²) in [5, 5.41) is 0.905. The van der Waals surface area contributed by atoms with Gasteiger partial charge in [0.15, 0.2) is 5.76 Å². The summed E-state index contributed by atoms with van der Waals surface area (Å²) < 4.78 is 23.5. The average Bonchev–Trinajstić information content (AvgIpc) is 3.23. The first-order valence-electron chi connectivity index (χ1n) is 10.2. The van der Waals surface area contributed by atoms with Crippen LogP contribution in [0.4, 0.5) is 0 Å². The average molecular weight is 403 g/mol. The van der Waals surface area contributed by atoms with Gasteiger partial charge in [0.2, 0.25) is 6.29 Å². The molecule has 0 saturated heterocycles. The van der Waals surface area contributed by atoms with Crippen molar-refractivity contribution in [2.24, 2.45) is 0 Å². The van der Waals surface area contributed by atoms with Crippen molar-refractivity contribution in [2.45, 2.75) is 26.7 Å². The number of pyridine rings is 1. The smallest absolute Gasteiger partial charge is 0.217 e. The van der Waals surface area contributed by atoms with Crippen LogP contribution in [-0.2, 0) is 16.1 Å². The van der Waals surface area contributed by atoms with Gasteiger partial charge in [-0.05, 0) is 43.2 Å². The number of aromatic nitrogens is 1. The lowest BCUT2D eigenvalue weighted by atomic mass is 10.1. The van der Waals surface area contributed by atoms with E-state index in [0.717, 1.165) is 33.4 Å². The fourth-order valence-corrected chi connectivity index (χ4v) is 3.31. The lowest BCUT2D eigenvalue weighted by molar-refractivity contribution is -0.150. The van der Waals surface area contributed by atoms with Crippen LogP contribution in [0.15, 0.2) is 77.5 Å². The van der Waals surface area contributed by atoms with Crippen LogP contribution in [0.3, 0.4) is 0 Å². The first-order chi connectivity index (χ1) is 14.8. The van der Waals surface area contributed by atoms with E-state index in [1.165, 1.54) is 0 Å². The number of rotatable bonds is 9. The van der Waals surface area contributed by atoms with Crippen LogP contribution in [0.25, 0.3) is 22.1 Å². The van der Waals surface area contributed by atoms with E-state index in [2.05, 4.69) is 4.98 Å². The van der Waals surface area contributed by atoms with Gasteiger partial charge in [-0.1, -0.05) is 42.5 Å². The summed E-state index contributed by atoms with van der Waals surface area (Å²) in [6.45, 7) is 5.45. The number of ether oxygens (including phenoxy) is 3. The number of benzene rings is 2. The predicted octanol–water partition coefficient (Wildman–Crippen LogP) is 6.15. The molecule has 0 amide bonds. The molecule has 0 bridgehead atoms. The molecular weight excluding hydrogens is 378 g/mol. The number of nitrogens with zero attached hydrogens (tertiary/aromatic N) is 1. The van der Waals surface area contributed by atoms with Gasteiger partial charge in [-0.25, -0.2) is 0 Å². The Morgan fingerprint density at radius 2 is 1.70 bits per heavy atom. The largest absolute Gasteiger partial charge is 0.489 e. The van der Waals surface area contributed by atoms with Crippen LogP contribution < -0.4 is 4.74 Å². The number of hydrogen-bond donors (Lipinski definition) is 0. The molecule has 0 N–H and O–H groups in total. The van der Waals surface area contributed by atoms with Gasteiger partial charge in [0, 0.05) is 36.6 Å². The van der Waals surface area contributed by atoms with Crippen molar-refractivity contribution in [3.05, 3.63) is 84.4 Å². The zero-order valence-electron chi connectivity index (χ0n) is 17.2. The molecule has 5 heteroatoms. The molecule has 4 aromatic rings. The molecule has 0 aliphatic heterocycles. The van der Waals surface area contributed by atoms with Crippen molar-refractivity contribution in [3.8, 4) is 16.9 Å². The third-order valence-electron chi connectivity index (χ3n) is 4.70. The molecule has 4 rings (SSSR count). The van der Waals surface area contributed by atoms with Gasteiger partial charge in [-0.3, -0.25) is 4.98 Å². The maximum Gasteiger partial charge on any atom is 0.217 e. The van der Waals surface area contributed by atoms with Crippen LogP contribution in [0.1, 0.15) is 31.5 Å². The summed E-state index contributed by atoms with van der Waals surface area (Å²) >= 11 is 0. The van der Waals surface area contributed by atoms with Gasteiger partial charge in [-0.2, -0.15) is 0 Å². The molecule has 0 radical (unpaired) electrons. The second-order valence-corrected chi connectivity index (χ2v) is 6.80. The van der Waals surface area contributed by atoms with Crippen molar-refractivity contribution >= 4 is 11.0 Å². The maximum absolute atomic E-state index is 6.16. The molecule has 2 aromatic heterocycles. The molecular formula is C25H25NO4. The molecule has 0 spiro atoms. The molecule has 0 aliphatic carbocycles. The van der Waals surface area contributed by atoms with Gasteiger partial charge in [0.05, 0.1) is 0 Å². The quantitative estimate of drug-likeness (QED) is 0.314. The summed E-state index contributed by atoms with van der Waals surface area (Å²) in [5.41, 5.74) is 3.75. The number of hydrogen-bond acceptors (Lipinski definition) is 5. The fourth-order valence-electron chi connectivity index (χ4n) is 3.31. The van der Waals surface area contributed by atoms with E-state index in [1.807, 2.05) is 80.7 Å². The van der Waals surface area contributed by atoms with Gasteiger partial charge in [-0.15, -0.1) is 0 Å². The minimum atomic E-state index is -0.527. The summed E-state index contributed by atoms with van der Waals surface area (Å²) in [6, 6.07) is 20.0. The summed E-state index contributed by atoms with van der Waals surface area (Å²) in [5.74, 6) is 1.43. The molecule has 30 heavy (non-hydrogen) atoms. The van der Waals surface area contributed by atoms with Crippen molar-refractivity contribution < 1.29 is 18.6 Å². The fraction of sp³-hybridized carbons (Fsp3) is 0.240. The zero-order valence-corrected chi connectivity index (χ0v) is 17.2. The van der Waals surface area contributed by atoms with Crippen LogP contribution in [-0.4, -0.2) is 18.2 Å². The van der Waals surface area contributed by atoms with Crippen molar-refractivity contribution in [1.82, 2.24) is 4.98 Å². The Morgan fingerprint density at radius 3 is 2.47 bits per heavy atom. The normalized spacial score (nSPS) is 11.3. The molecule has 0 aliphatic rings. The zero-order chi connectivity index (χ0) is 20.8. The van der Waals surface area contributed by atoms with Crippen LogP contribution >= 0.6 is 0 Å². The second-order valence-electron chi connectivity index (χ2n) is 6.80. The number of fused-ring (bicyclic) bond motifs is 1. The van der Waals surface area contributed by atoms with Gasteiger partial charge in [0.25, 0.3) is 0 Å². The van der Waals surface area contributed by atoms with Gasteiger partial charge in [0.1, 0.15) is 17.9 Å². The van der Waals surface area contributed by atoms with E-state index in [-0.39, 0.29) is 0 Å². The highest BCUT2D eigenvalue weighted by Gasteiger charge is 2.19. The summed E-state index contributed by atoms with van der Waals surface area (Å²) in [4.78, 5) is 4.39. The Labute approximate surface area is 176 Å². The first-order valence-corrected chi connectivity index (χ1v) is 10.2. The molecule has 0 unspecified atom stereocenters. The third-order valence-corrected chi connectivity index (χ3v) is 4.70. The van der Waals surface area contributed by atoms with E-state index >= 15 is 0 Å². The standard InChI is InChI=1S/C25H25NO4/c1-3-27-25(28-4-2)23-14-20-15-26-16-22(24(20)30-23)19-11-8-12-21(13-19)29-17-18-9-6-5-7-10-18/h5-16,25H,3-4,17H2,1-2H3. The Bertz CT molecular complexity index is 1080. The molecule has 154 valence electrons. The van der Waals surface area contributed by atoms with E-state index < -0.39 is 6.29 Å². The lowest BCUT2D eigenvalue weighted by Gasteiger charge is -2.13. The van der Waals surface area contributed by atoms with E-state index in [9.17, 15) is 0 Å². The van der Waals surface area contributed by atoms with Gasteiger partial charge < -0.3 is 18.6 Å². The molecule has 0 fully saturated rings. The second kappa shape index (κ2) is 9.57. The van der Waals surface area contributed by atoms with E-state index in [4.69, 9.17) is 18.6 Å². The molecule has 0 saturated carbocycles. The minimum absolute atomic E-state index is 0.516. The topological polar surface area (TPSA) is 53.7 Å². The molecule has 2 aromatic carbocycles. The Kier molecular flexibility index (Phi) is 6.42. The summed E-state index contributed by atoms with van der Waals surface area (Å²) in [6.07, 6.45) is 3.07. The monoisotopic (exact) mass is 403 g/mol. The van der Waals surface area contributed by atoms with Gasteiger partial charge >= 0.3 is 0 Å². The summed E-state index contributed by atoms with van der Waals surface area (Å²) in [7, 11) is 0. The Hall–Kier alpha value is -3.15. The molecule has 2 heterocycles. The maximum atomic E-state index is 6.16. The van der Waals surface area contributed by atoms with Crippen LogP contribution in [0.5, 0.6) is 5.75 Å². The van der Waals surface area contributed by atoms with Crippen molar-refractivity contribution in [1.29, 1.82) is 0 Å². The van der Waals surface area contributed by atoms with Crippen molar-refractivity contribution in [2.75, 3.05) is 13.2 Å². The number of furan rings is 1. The van der Waals surface area contributed by atoms with Crippen molar-refractivity contribution in [3.63, 3.8) is 0 Å². The SMILES string of the molecule is CCOC(OCC)c1cc2cncc(-c3cccc(OCc4ccccc4)c3)c2o1. The predicted molar refractivity (Wildman–Crippen MR) is 116 cm³/mol. The Morgan fingerprint density at radius 1 is 0.900 bits per heavy atom. The van der Waals surface area contributed by atoms with E-state index in [0.29, 0.717) is 25.6 Å². The van der Waals surface area contributed by atoms with Crippen LogP contribution in [0, 0.1) is 0 Å². The lowest BCUT2D eigenvalue weighted by Crippen LogP contribution is -2.07. The van der Waals surface area contributed by atoms with Crippen LogP contribution in [0.2, 0.25) is 0 Å². The minimum Gasteiger partial charge on any atom is -0.489 e. The Balaban J connectivity index is 1.62. The molecule has 5 nitrogen and oxygen atoms in total. The molecule has 0 atom stereocenters. The van der Waals surface area contributed by atoms with E-state index in [1.54, 1.807) is 6.20 Å². The third kappa shape index (κ3) is 4.53. The highest BCUT2D eigenvalue weighted by atomic mass is 16.7.